The Hall–Kier alpha value is -1.69. The third kappa shape index (κ3) is 3.32. The number of nitrogens with one attached hydrogen (secondary N) is 1. The van der Waals surface area contributed by atoms with Gasteiger partial charge in [-0.15, -0.1) is 0 Å². The Morgan fingerprint density at radius 3 is 2.90 bits per heavy atom. The molecule has 0 aromatic carbocycles. The van der Waals surface area contributed by atoms with Gasteiger partial charge in [-0.2, -0.15) is 0 Å². The monoisotopic (exact) mass is 292 g/mol. The molecule has 1 heterocycles. The third-order valence-corrected chi connectivity index (χ3v) is 4.42. The van der Waals surface area contributed by atoms with E-state index in [0.29, 0.717) is 18.3 Å². The molecule has 116 valence electrons. The minimum atomic E-state index is -0.528. The molecule has 2 rings (SSSR count). The zero-order valence-electron chi connectivity index (χ0n) is 13.0. The first-order valence-electron chi connectivity index (χ1n) is 7.43. The zero-order valence-corrected chi connectivity index (χ0v) is 13.0. The first kappa shape index (κ1) is 15.7. The van der Waals surface area contributed by atoms with E-state index < -0.39 is 5.97 Å². The number of ether oxygens (including phenoxy) is 1. The summed E-state index contributed by atoms with van der Waals surface area (Å²) in [6, 6.07) is 1.84. The van der Waals surface area contributed by atoms with Gasteiger partial charge in [-0.05, 0) is 25.7 Å². The maximum Gasteiger partial charge on any atom is 0.376 e. The number of nitrogens with two attached hydrogens (primary N) is 1. The van der Waals surface area contributed by atoms with Crippen LogP contribution in [0.2, 0.25) is 0 Å². The van der Waals surface area contributed by atoms with Crippen LogP contribution in [0.5, 0.6) is 0 Å². The molecule has 6 heteroatoms. The number of carbonyl (C=O) groups excluding carboxylic acids is 1. The fourth-order valence-electron chi connectivity index (χ4n) is 3.02. The van der Waals surface area contributed by atoms with Gasteiger partial charge in [0.05, 0.1) is 12.6 Å². The van der Waals surface area contributed by atoms with Gasteiger partial charge in [-0.3, -0.25) is 0 Å². The molecule has 0 radical (unpaired) electrons. The van der Waals surface area contributed by atoms with Gasteiger partial charge in [-0.25, -0.2) is 14.8 Å². The molecule has 6 nitrogen and oxygen atoms in total. The fraction of sp³-hybridized carbons (Fsp3) is 0.667. The minimum absolute atomic E-state index is 0.0793. The normalized spacial score (nSPS) is 25.4. The average molecular weight is 292 g/mol. The van der Waals surface area contributed by atoms with E-state index in [0.717, 1.165) is 25.0 Å². The minimum Gasteiger partial charge on any atom is -0.463 e. The highest BCUT2D eigenvalue weighted by molar-refractivity contribution is 5.85. The molecule has 1 aliphatic carbocycles. The van der Waals surface area contributed by atoms with Crippen LogP contribution in [-0.2, 0) is 4.74 Å². The van der Waals surface area contributed by atoms with Crippen molar-refractivity contribution in [1.82, 2.24) is 9.97 Å². The lowest BCUT2D eigenvalue weighted by molar-refractivity contribution is 0.0586. The molecule has 0 bridgehead atoms. The summed E-state index contributed by atoms with van der Waals surface area (Å²) in [6.45, 7) is 4.60. The van der Waals surface area contributed by atoms with Gasteiger partial charge < -0.3 is 15.8 Å². The molecule has 2 atom stereocenters. The quantitative estimate of drug-likeness (QED) is 0.824. The summed E-state index contributed by atoms with van der Waals surface area (Å²) in [7, 11) is 1.33. The number of nitrogens with zero attached hydrogens (tertiary/aromatic N) is 2. The van der Waals surface area contributed by atoms with Crippen molar-refractivity contribution in [3.8, 4) is 0 Å². The second-order valence-electron chi connectivity index (χ2n) is 5.84. The van der Waals surface area contributed by atoms with Crippen molar-refractivity contribution in [2.24, 2.45) is 11.7 Å². The fourth-order valence-corrected chi connectivity index (χ4v) is 3.02. The Labute approximate surface area is 125 Å². The number of anilines is 1. The summed E-state index contributed by atoms with van der Waals surface area (Å²) < 4.78 is 4.69. The summed E-state index contributed by atoms with van der Waals surface area (Å²) in [6.07, 6.45) is 4.56. The second kappa shape index (κ2) is 6.39. The van der Waals surface area contributed by atoms with E-state index in [1.807, 2.05) is 13.0 Å². The van der Waals surface area contributed by atoms with Crippen LogP contribution in [0.1, 0.15) is 48.9 Å². The van der Waals surface area contributed by atoms with Gasteiger partial charge in [-0.1, -0.05) is 19.8 Å². The maximum absolute atomic E-state index is 11.6. The second-order valence-corrected chi connectivity index (χ2v) is 5.84. The summed E-state index contributed by atoms with van der Waals surface area (Å²) in [5.41, 5.74) is 6.61. The molecule has 0 spiro atoms. The lowest BCUT2D eigenvalue weighted by Gasteiger charge is -2.43. The van der Waals surface area contributed by atoms with E-state index >= 15 is 0 Å². The lowest BCUT2D eigenvalue weighted by atomic mass is 9.73. The number of hydrogen-bond donors (Lipinski definition) is 2. The molecule has 1 aliphatic rings. The third-order valence-electron chi connectivity index (χ3n) is 4.42. The molecule has 1 aromatic rings. The first-order valence-corrected chi connectivity index (χ1v) is 7.43. The van der Waals surface area contributed by atoms with Crippen molar-refractivity contribution < 1.29 is 9.53 Å². The Kier molecular flexibility index (Phi) is 4.77. The van der Waals surface area contributed by atoms with Gasteiger partial charge in [0.2, 0.25) is 5.82 Å². The molecule has 1 aromatic heterocycles. The van der Waals surface area contributed by atoms with E-state index in [-0.39, 0.29) is 11.4 Å². The number of carbonyl (C=O) groups is 1. The van der Waals surface area contributed by atoms with E-state index in [2.05, 4.69) is 22.2 Å². The van der Waals surface area contributed by atoms with Gasteiger partial charge in [0, 0.05) is 18.3 Å². The van der Waals surface area contributed by atoms with Crippen LogP contribution < -0.4 is 11.1 Å². The van der Waals surface area contributed by atoms with Crippen LogP contribution in [0, 0.1) is 12.8 Å². The summed E-state index contributed by atoms with van der Waals surface area (Å²) in [5, 5.41) is 3.47. The number of aromatic nitrogens is 2. The summed E-state index contributed by atoms with van der Waals surface area (Å²) in [4.78, 5) is 20.0. The molecule has 0 saturated heterocycles. The van der Waals surface area contributed by atoms with Crippen molar-refractivity contribution in [1.29, 1.82) is 0 Å². The highest BCUT2D eigenvalue weighted by Gasteiger charge is 2.37. The van der Waals surface area contributed by atoms with Crippen LogP contribution in [0.15, 0.2) is 6.07 Å². The number of rotatable bonds is 4. The highest BCUT2D eigenvalue weighted by atomic mass is 16.5. The number of methoxy groups -OCH3 is 1. The molecule has 1 saturated carbocycles. The van der Waals surface area contributed by atoms with Crippen molar-refractivity contribution in [3.05, 3.63) is 17.6 Å². The zero-order chi connectivity index (χ0) is 15.5. The maximum atomic E-state index is 11.6. The summed E-state index contributed by atoms with van der Waals surface area (Å²) >= 11 is 0. The van der Waals surface area contributed by atoms with Crippen molar-refractivity contribution in [2.75, 3.05) is 19.0 Å². The topological polar surface area (TPSA) is 90.1 Å². The van der Waals surface area contributed by atoms with Crippen LogP contribution >= 0.6 is 0 Å². The van der Waals surface area contributed by atoms with Crippen molar-refractivity contribution in [3.63, 3.8) is 0 Å². The predicted octanol–water partition coefficient (Wildman–Crippen LogP) is 1.89. The number of aryl methyl sites for hydroxylation is 1. The van der Waals surface area contributed by atoms with Gasteiger partial charge in [0.25, 0.3) is 0 Å². The number of hydrogen-bond acceptors (Lipinski definition) is 6. The Morgan fingerprint density at radius 2 is 2.29 bits per heavy atom. The van der Waals surface area contributed by atoms with Crippen LogP contribution in [0.4, 0.5) is 5.82 Å². The van der Waals surface area contributed by atoms with Gasteiger partial charge in [0.15, 0.2) is 0 Å². The van der Waals surface area contributed by atoms with E-state index in [4.69, 9.17) is 10.5 Å². The first-order chi connectivity index (χ1) is 10.0. The van der Waals surface area contributed by atoms with E-state index in [9.17, 15) is 4.79 Å². The predicted molar refractivity (Wildman–Crippen MR) is 81.1 cm³/mol. The molecular weight excluding hydrogens is 268 g/mol. The van der Waals surface area contributed by atoms with Crippen molar-refractivity contribution in [2.45, 2.75) is 45.1 Å². The Morgan fingerprint density at radius 1 is 1.52 bits per heavy atom. The lowest BCUT2D eigenvalue weighted by Crippen LogP contribution is -2.52. The van der Waals surface area contributed by atoms with Crippen LogP contribution in [0.3, 0.4) is 0 Å². The van der Waals surface area contributed by atoms with E-state index in [1.54, 1.807) is 0 Å². The van der Waals surface area contributed by atoms with Crippen molar-refractivity contribution >= 4 is 11.8 Å². The molecular formula is C15H24N4O2. The molecule has 3 N–H and O–H groups in total. The molecule has 0 aliphatic heterocycles. The molecule has 21 heavy (non-hydrogen) atoms. The van der Waals surface area contributed by atoms with Gasteiger partial charge in [0.1, 0.15) is 5.82 Å². The van der Waals surface area contributed by atoms with E-state index in [1.165, 1.54) is 13.5 Å². The Bertz CT molecular complexity index is 520. The van der Waals surface area contributed by atoms with Gasteiger partial charge >= 0.3 is 5.97 Å². The summed E-state index contributed by atoms with van der Waals surface area (Å²) in [5.74, 6) is 0.658. The van der Waals surface area contributed by atoms with Crippen LogP contribution in [0.25, 0.3) is 0 Å². The largest absolute Gasteiger partial charge is 0.463 e. The standard InChI is InChI=1S/C15H24N4O2/c1-10-6-4-5-7-15(10,9-16)19-12-8-11(2)17-13(18-12)14(20)21-3/h8,10H,4-7,9,16H2,1-3H3,(H,17,18,19). The Balaban J connectivity index is 2.29. The average Bonchev–Trinajstić information content (AvgIpc) is 2.48. The highest BCUT2D eigenvalue weighted by Crippen LogP contribution is 2.35. The molecule has 0 amide bonds. The number of esters is 1. The molecule has 2 unspecified atom stereocenters. The smallest absolute Gasteiger partial charge is 0.376 e. The molecule has 1 fully saturated rings. The SMILES string of the molecule is COC(=O)c1nc(C)cc(NC2(CN)CCCCC2C)n1. The van der Waals surface area contributed by atoms with Crippen LogP contribution in [-0.4, -0.2) is 35.1 Å².